The highest BCUT2D eigenvalue weighted by Gasteiger charge is 2.25. The van der Waals surface area contributed by atoms with E-state index in [1.807, 2.05) is 81.6 Å². The van der Waals surface area contributed by atoms with E-state index < -0.39 is 6.04 Å². The van der Waals surface area contributed by atoms with Crippen LogP contribution in [0.4, 0.5) is 0 Å². The number of rotatable bonds is 8. The summed E-state index contributed by atoms with van der Waals surface area (Å²) in [5.74, 6) is -0.599. The first kappa shape index (κ1) is 23.9. The smallest absolute Gasteiger partial charge is 0.251 e. The van der Waals surface area contributed by atoms with Gasteiger partial charge in [0.1, 0.15) is 6.04 Å². The molecule has 2 N–H and O–H groups in total. The van der Waals surface area contributed by atoms with E-state index in [2.05, 4.69) is 15.6 Å². The normalized spacial score (nSPS) is 11.8. The zero-order valence-electron chi connectivity index (χ0n) is 20.1. The Morgan fingerprint density at radius 2 is 1.63 bits per heavy atom. The molecule has 0 aliphatic carbocycles. The van der Waals surface area contributed by atoms with Crippen LogP contribution in [0, 0.1) is 12.8 Å². The lowest BCUT2D eigenvalue weighted by atomic mass is 10.0. The highest BCUT2D eigenvalue weighted by atomic mass is 16.2. The quantitative estimate of drug-likeness (QED) is 0.404. The van der Waals surface area contributed by atoms with Crippen LogP contribution in [0.15, 0.2) is 85.3 Å². The minimum absolute atomic E-state index is 0.0869. The van der Waals surface area contributed by atoms with Gasteiger partial charge in [0, 0.05) is 41.8 Å². The first-order valence-electron chi connectivity index (χ1n) is 11.6. The molecule has 0 spiro atoms. The summed E-state index contributed by atoms with van der Waals surface area (Å²) < 4.78 is 1.80. The van der Waals surface area contributed by atoms with Gasteiger partial charge in [0.15, 0.2) is 0 Å². The fourth-order valence-electron chi connectivity index (χ4n) is 3.76. The molecule has 0 fully saturated rings. The molecule has 0 bridgehead atoms. The number of amides is 2. The van der Waals surface area contributed by atoms with Crippen molar-refractivity contribution in [1.29, 1.82) is 0 Å². The van der Waals surface area contributed by atoms with Crippen molar-refractivity contribution in [1.82, 2.24) is 25.4 Å². The summed E-state index contributed by atoms with van der Waals surface area (Å²) in [6, 6.07) is 20.2. The molecule has 0 radical (unpaired) electrons. The molecule has 2 aromatic heterocycles. The van der Waals surface area contributed by atoms with Crippen LogP contribution >= 0.6 is 0 Å². The molecule has 7 heteroatoms. The van der Waals surface area contributed by atoms with Crippen molar-refractivity contribution in [2.24, 2.45) is 5.92 Å². The minimum Gasteiger partial charge on any atom is -0.350 e. The molecule has 4 rings (SSSR count). The second kappa shape index (κ2) is 10.8. The first-order valence-corrected chi connectivity index (χ1v) is 11.6. The maximum absolute atomic E-state index is 13.1. The highest BCUT2D eigenvalue weighted by Crippen LogP contribution is 2.23. The molecule has 1 unspecified atom stereocenters. The fraction of sp³-hybridized carbons (Fsp3) is 0.214. The van der Waals surface area contributed by atoms with E-state index in [0.29, 0.717) is 5.56 Å². The third-order valence-electron chi connectivity index (χ3n) is 5.77. The van der Waals surface area contributed by atoms with Crippen molar-refractivity contribution in [2.45, 2.75) is 33.4 Å². The number of aryl methyl sites for hydroxylation is 1. The number of carbonyl (C=O) groups is 2. The zero-order chi connectivity index (χ0) is 24.8. The number of hydrogen-bond acceptors (Lipinski definition) is 4. The summed E-state index contributed by atoms with van der Waals surface area (Å²) in [5, 5.41) is 10.7. The van der Waals surface area contributed by atoms with Gasteiger partial charge in [0.25, 0.3) is 5.91 Å². The summed E-state index contributed by atoms with van der Waals surface area (Å²) in [7, 11) is 0. The van der Waals surface area contributed by atoms with E-state index in [4.69, 9.17) is 5.10 Å². The second-order valence-corrected chi connectivity index (χ2v) is 8.80. The summed E-state index contributed by atoms with van der Waals surface area (Å²) in [4.78, 5) is 30.0. The monoisotopic (exact) mass is 467 g/mol. The van der Waals surface area contributed by atoms with Crippen molar-refractivity contribution in [3.05, 3.63) is 102 Å². The Bertz CT molecular complexity index is 1280. The molecule has 2 heterocycles. The number of pyridine rings is 1. The SMILES string of the molecule is Cc1ccc(C(=O)NC(C(=O)NCc2cn(-c3ccccc3)nc2-c2ccncc2)C(C)C)cc1. The van der Waals surface area contributed by atoms with Gasteiger partial charge < -0.3 is 10.6 Å². The molecular formula is C28H29N5O2. The number of nitrogens with zero attached hydrogens (tertiary/aromatic N) is 3. The van der Waals surface area contributed by atoms with E-state index in [1.165, 1.54) is 0 Å². The predicted molar refractivity (Wildman–Crippen MR) is 136 cm³/mol. The van der Waals surface area contributed by atoms with E-state index >= 15 is 0 Å². The molecule has 2 aromatic carbocycles. The second-order valence-electron chi connectivity index (χ2n) is 8.80. The lowest BCUT2D eigenvalue weighted by molar-refractivity contribution is -0.124. The highest BCUT2D eigenvalue weighted by molar-refractivity contribution is 5.97. The molecule has 4 aromatic rings. The number of hydrogen-bond donors (Lipinski definition) is 2. The first-order chi connectivity index (χ1) is 16.9. The van der Waals surface area contributed by atoms with Crippen LogP contribution in [0.25, 0.3) is 16.9 Å². The Morgan fingerprint density at radius 3 is 2.29 bits per heavy atom. The van der Waals surface area contributed by atoms with Crippen molar-refractivity contribution < 1.29 is 9.59 Å². The predicted octanol–water partition coefficient (Wildman–Crippen LogP) is 4.31. The largest absolute Gasteiger partial charge is 0.350 e. The van der Waals surface area contributed by atoms with Crippen LogP contribution in [0.1, 0.15) is 35.3 Å². The van der Waals surface area contributed by atoms with E-state index in [1.54, 1.807) is 29.2 Å². The Kier molecular flexibility index (Phi) is 7.35. The maximum atomic E-state index is 13.1. The molecule has 178 valence electrons. The Morgan fingerprint density at radius 1 is 0.943 bits per heavy atom. The van der Waals surface area contributed by atoms with E-state index in [-0.39, 0.29) is 24.3 Å². The van der Waals surface area contributed by atoms with E-state index in [9.17, 15) is 9.59 Å². The van der Waals surface area contributed by atoms with Crippen LogP contribution in [0.3, 0.4) is 0 Å². The molecule has 0 aliphatic heterocycles. The fourth-order valence-corrected chi connectivity index (χ4v) is 3.76. The number of benzene rings is 2. The van der Waals surface area contributed by atoms with Gasteiger partial charge in [-0.3, -0.25) is 14.6 Å². The molecular weight excluding hydrogens is 438 g/mol. The Labute approximate surface area is 205 Å². The third-order valence-corrected chi connectivity index (χ3v) is 5.77. The topological polar surface area (TPSA) is 88.9 Å². The number of carbonyl (C=O) groups excluding carboxylic acids is 2. The number of nitrogens with one attached hydrogen (secondary N) is 2. The van der Waals surface area contributed by atoms with Crippen molar-refractivity contribution in [3.63, 3.8) is 0 Å². The Hall–Kier alpha value is -4.26. The van der Waals surface area contributed by atoms with Gasteiger partial charge in [-0.05, 0) is 49.2 Å². The molecule has 7 nitrogen and oxygen atoms in total. The average molecular weight is 468 g/mol. The minimum atomic E-state index is -0.669. The molecule has 0 saturated carbocycles. The maximum Gasteiger partial charge on any atom is 0.251 e. The van der Waals surface area contributed by atoms with Gasteiger partial charge in [0.05, 0.1) is 11.4 Å². The third kappa shape index (κ3) is 5.81. The lowest BCUT2D eigenvalue weighted by Crippen LogP contribution is -2.49. The van der Waals surface area contributed by atoms with Crippen LogP contribution < -0.4 is 10.6 Å². The van der Waals surface area contributed by atoms with Gasteiger partial charge in [-0.1, -0.05) is 49.7 Å². The molecule has 0 aliphatic rings. The average Bonchev–Trinajstić information content (AvgIpc) is 3.31. The molecule has 2 amide bonds. The van der Waals surface area contributed by atoms with Crippen LogP contribution in [0.5, 0.6) is 0 Å². The van der Waals surface area contributed by atoms with Crippen molar-refractivity contribution >= 4 is 11.8 Å². The lowest BCUT2D eigenvalue weighted by Gasteiger charge is -2.22. The standard InChI is InChI=1S/C28H29N5O2/c1-19(2)25(31-27(34)22-11-9-20(3)10-12-22)28(35)30-17-23-18-33(24-7-5-4-6-8-24)32-26(23)21-13-15-29-16-14-21/h4-16,18-19,25H,17H2,1-3H3,(H,30,35)(H,31,34). The van der Waals surface area contributed by atoms with Gasteiger partial charge in [0.2, 0.25) is 5.91 Å². The summed E-state index contributed by atoms with van der Waals surface area (Å²) in [6.07, 6.45) is 5.35. The summed E-state index contributed by atoms with van der Waals surface area (Å²) in [6.45, 7) is 6.06. The van der Waals surface area contributed by atoms with Crippen LogP contribution in [-0.4, -0.2) is 32.6 Å². The van der Waals surface area contributed by atoms with Gasteiger partial charge in [-0.15, -0.1) is 0 Å². The molecule has 0 saturated heterocycles. The summed E-state index contributed by atoms with van der Waals surface area (Å²) in [5.41, 5.74) is 5.05. The van der Waals surface area contributed by atoms with E-state index in [0.717, 1.165) is 28.1 Å². The number of aromatic nitrogens is 3. The molecule has 1 atom stereocenters. The zero-order valence-corrected chi connectivity index (χ0v) is 20.1. The van der Waals surface area contributed by atoms with Crippen LogP contribution in [-0.2, 0) is 11.3 Å². The van der Waals surface area contributed by atoms with Crippen LogP contribution in [0.2, 0.25) is 0 Å². The summed E-state index contributed by atoms with van der Waals surface area (Å²) >= 11 is 0. The van der Waals surface area contributed by atoms with Gasteiger partial charge >= 0.3 is 0 Å². The van der Waals surface area contributed by atoms with Gasteiger partial charge in [-0.2, -0.15) is 5.10 Å². The molecule has 35 heavy (non-hydrogen) atoms. The van der Waals surface area contributed by atoms with Crippen molar-refractivity contribution in [3.8, 4) is 16.9 Å². The van der Waals surface area contributed by atoms with Crippen molar-refractivity contribution in [2.75, 3.05) is 0 Å². The van der Waals surface area contributed by atoms with Gasteiger partial charge in [-0.25, -0.2) is 4.68 Å². The Balaban J connectivity index is 1.53. The number of para-hydroxylation sites is 1.